The molecule has 0 saturated carbocycles. The Balaban J connectivity index is 3.48. The zero-order valence-electron chi connectivity index (χ0n) is 18.8. The van der Waals surface area contributed by atoms with Crippen molar-refractivity contribution in [3.8, 4) is 0 Å². The van der Waals surface area contributed by atoms with E-state index in [2.05, 4.69) is 20.8 Å². The van der Waals surface area contributed by atoms with Crippen LogP contribution in [0.25, 0.3) is 0 Å². The second-order valence-electron chi connectivity index (χ2n) is 9.13. The molecule has 0 aliphatic rings. The summed E-state index contributed by atoms with van der Waals surface area (Å²) < 4.78 is 0. The molecule has 0 radical (unpaired) electrons. The molecule has 1 atom stereocenters. The topological polar surface area (TPSA) is 20.2 Å². The Morgan fingerprint density at radius 3 is 1.00 bits per heavy atom. The number of hydrogen-bond donors (Lipinski definition) is 1. The Morgan fingerprint density at radius 2 is 0.731 bits per heavy atom. The van der Waals surface area contributed by atoms with Gasteiger partial charge in [0.05, 0.1) is 0 Å². The average Bonchev–Trinajstić information content (AvgIpc) is 2.65. The van der Waals surface area contributed by atoms with E-state index in [-0.39, 0.29) is 5.41 Å². The van der Waals surface area contributed by atoms with E-state index in [0.29, 0.717) is 6.61 Å². The quantitative estimate of drug-likeness (QED) is 0.201. The Hall–Kier alpha value is -0.0400. The van der Waals surface area contributed by atoms with Crippen molar-refractivity contribution in [2.75, 3.05) is 6.61 Å². The number of aliphatic hydroxyl groups is 1. The molecule has 0 aliphatic carbocycles. The van der Waals surface area contributed by atoms with Crippen LogP contribution in [-0.2, 0) is 0 Å². The summed E-state index contributed by atoms with van der Waals surface area (Å²) in [5.41, 5.74) is 0.183. The lowest BCUT2D eigenvalue weighted by molar-refractivity contribution is 0.116. The fraction of sp³-hybridized carbons (Fsp3) is 1.00. The van der Waals surface area contributed by atoms with Crippen molar-refractivity contribution in [3.05, 3.63) is 0 Å². The lowest BCUT2D eigenvalue weighted by Gasteiger charge is -2.27. The summed E-state index contributed by atoms with van der Waals surface area (Å²) in [6.45, 7) is 7.25. The van der Waals surface area contributed by atoms with E-state index >= 15 is 0 Å². The van der Waals surface area contributed by atoms with Crippen LogP contribution in [0.15, 0.2) is 0 Å². The molecule has 0 amide bonds. The molecule has 0 aromatic carbocycles. The highest BCUT2D eigenvalue weighted by atomic mass is 16.3. The van der Waals surface area contributed by atoms with Gasteiger partial charge in [-0.05, 0) is 18.3 Å². The van der Waals surface area contributed by atoms with Crippen molar-refractivity contribution in [3.63, 3.8) is 0 Å². The average molecular weight is 369 g/mol. The van der Waals surface area contributed by atoms with Gasteiger partial charge in [0.25, 0.3) is 0 Å². The van der Waals surface area contributed by atoms with Gasteiger partial charge in [0, 0.05) is 6.61 Å². The molecule has 0 aromatic rings. The summed E-state index contributed by atoms with van der Waals surface area (Å²) in [5.74, 6) is 0. The van der Waals surface area contributed by atoms with E-state index in [1.54, 1.807) is 0 Å². The minimum absolute atomic E-state index is 0.183. The summed E-state index contributed by atoms with van der Waals surface area (Å²) in [6.07, 6.45) is 27.5. The highest BCUT2D eigenvalue weighted by Crippen LogP contribution is 2.31. The molecular weight excluding hydrogens is 316 g/mol. The molecule has 0 heterocycles. The largest absolute Gasteiger partial charge is 0.396 e. The van der Waals surface area contributed by atoms with Crippen molar-refractivity contribution >= 4 is 0 Å². The maximum Gasteiger partial charge on any atom is 0.0484 e. The van der Waals surface area contributed by atoms with Crippen LogP contribution >= 0.6 is 0 Å². The normalized spacial score (nSPS) is 13.8. The summed E-state index contributed by atoms with van der Waals surface area (Å²) in [5, 5.41) is 9.83. The van der Waals surface area contributed by atoms with Gasteiger partial charge >= 0.3 is 0 Å². The first-order valence-corrected chi connectivity index (χ1v) is 12.3. The van der Waals surface area contributed by atoms with Crippen LogP contribution in [0.4, 0.5) is 0 Å². The van der Waals surface area contributed by atoms with Gasteiger partial charge in [-0.3, -0.25) is 0 Å². The fourth-order valence-electron chi connectivity index (χ4n) is 4.01. The van der Waals surface area contributed by atoms with E-state index in [1.807, 2.05) is 0 Å². The van der Waals surface area contributed by atoms with Crippen LogP contribution in [0.1, 0.15) is 149 Å². The number of rotatable bonds is 21. The van der Waals surface area contributed by atoms with Crippen LogP contribution < -0.4 is 0 Å². The van der Waals surface area contributed by atoms with Crippen molar-refractivity contribution in [2.45, 2.75) is 149 Å². The zero-order valence-corrected chi connectivity index (χ0v) is 18.8. The highest BCUT2D eigenvalue weighted by molar-refractivity contribution is 4.73. The van der Waals surface area contributed by atoms with Crippen molar-refractivity contribution in [1.82, 2.24) is 0 Å². The zero-order chi connectivity index (χ0) is 19.3. The molecule has 1 N–H and O–H groups in total. The molecular formula is C25H52O. The molecule has 26 heavy (non-hydrogen) atoms. The molecule has 1 heteroatoms. The number of hydrogen-bond acceptors (Lipinski definition) is 1. The van der Waals surface area contributed by atoms with Gasteiger partial charge < -0.3 is 5.11 Å². The highest BCUT2D eigenvalue weighted by Gasteiger charge is 2.22. The lowest BCUT2D eigenvalue weighted by Crippen LogP contribution is -2.21. The van der Waals surface area contributed by atoms with Crippen molar-refractivity contribution in [1.29, 1.82) is 0 Å². The van der Waals surface area contributed by atoms with Crippen LogP contribution in [0.3, 0.4) is 0 Å². The molecule has 0 saturated heterocycles. The van der Waals surface area contributed by atoms with E-state index in [4.69, 9.17) is 0 Å². The first kappa shape index (κ1) is 26.0. The predicted molar refractivity (Wildman–Crippen MR) is 119 cm³/mol. The second kappa shape index (κ2) is 19.7. The minimum Gasteiger partial charge on any atom is -0.396 e. The van der Waals surface area contributed by atoms with Crippen LogP contribution in [0.5, 0.6) is 0 Å². The van der Waals surface area contributed by atoms with Gasteiger partial charge in [0.2, 0.25) is 0 Å². The first-order valence-electron chi connectivity index (χ1n) is 12.3. The third-order valence-corrected chi connectivity index (χ3v) is 6.15. The number of unbranched alkanes of at least 4 members (excludes halogenated alkanes) is 16. The minimum atomic E-state index is 0.183. The van der Waals surface area contributed by atoms with Crippen molar-refractivity contribution in [2.24, 2.45) is 5.41 Å². The Kier molecular flexibility index (Phi) is 19.7. The summed E-state index contributed by atoms with van der Waals surface area (Å²) in [7, 11) is 0. The molecule has 158 valence electrons. The summed E-state index contributed by atoms with van der Waals surface area (Å²) >= 11 is 0. The summed E-state index contributed by atoms with van der Waals surface area (Å²) in [4.78, 5) is 0. The molecule has 1 nitrogen and oxygen atoms in total. The smallest absolute Gasteiger partial charge is 0.0484 e. The maximum absolute atomic E-state index is 9.83. The third kappa shape index (κ3) is 17.4. The van der Waals surface area contributed by atoms with E-state index in [0.717, 1.165) is 0 Å². The van der Waals surface area contributed by atoms with Gasteiger partial charge in [-0.2, -0.15) is 0 Å². The first-order chi connectivity index (χ1) is 12.7. The van der Waals surface area contributed by atoms with Gasteiger partial charge in [0.1, 0.15) is 0 Å². The monoisotopic (exact) mass is 368 g/mol. The molecule has 0 fully saturated rings. The van der Waals surface area contributed by atoms with Gasteiger partial charge in [-0.15, -0.1) is 0 Å². The Morgan fingerprint density at radius 1 is 0.462 bits per heavy atom. The van der Waals surface area contributed by atoms with Crippen molar-refractivity contribution < 1.29 is 5.11 Å². The van der Waals surface area contributed by atoms with E-state index in [1.165, 1.54) is 128 Å². The Labute approximate surface area is 166 Å². The third-order valence-electron chi connectivity index (χ3n) is 6.15. The number of aliphatic hydroxyl groups excluding tert-OH is 1. The predicted octanol–water partition coefficient (Wildman–Crippen LogP) is 8.83. The van der Waals surface area contributed by atoms with Gasteiger partial charge in [-0.1, -0.05) is 136 Å². The molecule has 0 bridgehead atoms. The van der Waals surface area contributed by atoms with Crippen LogP contribution in [-0.4, -0.2) is 11.7 Å². The second-order valence-corrected chi connectivity index (χ2v) is 9.13. The lowest BCUT2D eigenvalue weighted by atomic mass is 9.80. The van der Waals surface area contributed by atoms with Crippen LogP contribution in [0, 0.1) is 5.41 Å². The molecule has 0 rings (SSSR count). The van der Waals surface area contributed by atoms with E-state index in [9.17, 15) is 5.11 Å². The Bertz CT molecular complexity index is 263. The molecule has 0 aromatic heterocycles. The molecule has 0 aliphatic heterocycles. The fourth-order valence-corrected chi connectivity index (χ4v) is 4.01. The molecule has 1 unspecified atom stereocenters. The standard InChI is InChI=1S/C25H52O/c1-4-6-8-10-12-14-15-17-19-21-23-25(3,24-26)22-20-18-16-13-11-9-7-5-2/h26H,4-24H2,1-3H3. The van der Waals surface area contributed by atoms with Gasteiger partial charge in [-0.25, -0.2) is 0 Å². The SMILES string of the molecule is CCCCCCCCCCCCC(C)(CO)CCCCCCCCCC. The van der Waals surface area contributed by atoms with E-state index < -0.39 is 0 Å². The maximum atomic E-state index is 9.83. The summed E-state index contributed by atoms with van der Waals surface area (Å²) in [6, 6.07) is 0. The van der Waals surface area contributed by atoms with Gasteiger partial charge in [0.15, 0.2) is 0 Å². The van der Waals surface area contributed by atoms with Crippen LogP contribution in [0.2, 0.25) is 0 Å². The molecule has 0 spiro atoms.